The third-order valence-electron chi connectivity index (χ3n) is 5.36. The van der Waals surface area contributed by atoms with Gasteiger partial charge in [-0.25, -0.2) is 0 Å². The second-order valence-electron chi connectivity index (χ2n) is 8.74. The molecule has 0 radical (unpaired) electrons. The van der Waals surface area contributed by atoms with Crippen LogP contribution in [0.3, 0.4) is 0 Å². The maximum atomic E-state index is 11.7. The second kappa shape index (κ2) is 21.3. The minimum atomic E-state index is -4.81. The lowest BCUT2D eigenvalue weighted by molar-refractivity contribution is -0.441. The van der Waals surface area contributed by atoms with Crippen molar-refractivity contribution in [3.05, 3.63) is 0 Å². The number of hydrogen-bond acceptors (Lipinski definition) is 9. The molecule has 0 amide bonds. The summed E-state index contributed by atoms with van der Waals surface area (Å²) in [6, 6.07) is -1.38. The fourth-order valence-electron chi connectivity index (χ4n) is 3.24. The Hall–Kier alpha value is -1.03. The van der Waals surface area contributed by atoms with E-state index in [0.717, 1.165) is 19.3 Å². The Morgan fingerprint density at radius 2 is 1.26 bits per heavy atom. The monoisotopic (exact) mass is 510 g/mol. The summed E-state index contributed by atoms with van der Waals surface area (Å²) in [5.41, 5.74) is 3.14. The number of carbonyl (C=O) groups excluding carboxylic acids is 2. The summed E-state index contributed by atoms with van der Waals surface area (Å²) in [7, 11) is -4.81. The molecular weight excluding hydrogens is 465 g/mol. The number of aliphatic hydroxyl groups is 1. The van der Waals surface area contributed by atoms with Gasteiger partial charge in [-0.15, -0.1) is 0 Å². The Morgan fingerprint density at radius 3 is 1.74 bits per heavy atom. The number of carboxylic acids is 1. The minimum absolute atomic E-state index is 0.239. The van der Waals surface area contributed by atoms with Crippen LogP contribution in [-0.2, 0) is 27.9 Å². The van der Waals surface area contributed by atoms with Crippen molar-refractivity contribution in [2.75, 3.05) is 19.8 Å². The smallest absolute Gasteiger partial charge is 0.305 e. The highest BCUT2D eigenvalue weighted by Crippen LogP contribution is 2.38. The molecule has 0 saturated heterocycles. The van der Waals surface area contributed by atoms with Crippen molar-refractivity contribution in [1.29, 1.82) is 0 Å². The number of unbranched alkanes of at least 4 members (excludes halogenated alkanes) is 13. The first kappa shape index (κ1) is 33.0. The van der Waals surface area contributed by atoms with Crippen LogP contribution in [0.2, 0.25) is 0 Å². The molecule has 0 aromatic carbocycles. The summed E-state index contributed by atoms with van der Waals surface area (Å²) in [6.07, 6.45) is 16.0. The van der Waals surface area contributed by atoms with Gasteiger partial charge in [0.2, 0.25) is 0 Å². The molecule has 10 nitrogen and oxygen atoms in total. The molecule has 0 aromatic rings. The van der Waals surface area contributed by atoms with Gasteiger partial charge in [0, 0.05) is 6.42 Å². The van der Waals surface area contributed by atoms with Crippen LogP contribution in [0, 0.1) is 0 Å². The van der Waals surface area contributed by atoms with Crippen LogP contribution in [0.25, 0.3) is 0 Å². The van der Waals surface area contributed by atoms with E-state index in [1.807, 2.05) is 0 Å². The van der Waals surface area contributed by atoms with Crippen LogP contribution in [0.4, 0.5) is 0 Å². The number of carboxylic acid groups (broad SMARTS) is 1. The maximum absolute atomic E-state index is 11.7. The van der Waals surface area contributed by atoms with Gasteiger partial charge in [-0.3, -0.25) is 9.36 Å². The standard InChI is InChI=1S/C23H46NO9P/c1-2-3-4-5-6-7-8-9-10-11-12-13-14-15-16-22(26)31-17-20(25)18-32-34(29,30)33-19-21(24)23(27)28/h20-21,25H,2-19,24H2,1H3,(H,27,28)(H,29,30)/p-1/t20-,21+/m1/s1. The molecule has 0 aliphatic carbocycles. The number of aliphatic hydroxyl groups excluding tert-OH is 1. The molecule has 0 aliphatic rings. The zero-order valence-corrected chi connectivity index (χ0v) is 21.6. The quantitative estimate of drug-likeness (QED) is 0.111. The third-order valence-corrected chi connectivity index (χ3v) is 6.29. The van der Waals surface area contributed by atoms with Crippen LogP contribution >= 0.6 is 7.82 Å². The predicted molar refractivity (Wildman–Crippen MR) is 123 cm³/mol. The number of aliphatic carboxylic acids is 1. The van der Waals surface area contributed by atoms with E-state index in [1.54, 1.807) is 0 Å². The van der Waals surface area contributed by atoms with Crippen molar-refractivity contribution in [2.45, 2.75) is 115 Å². The molecular formula is C23H45NO9P-. The molecule has 0 heterocycles. The molecule has 202 valence electrons. The van der Waals surface area contributed by atoms with Crippen molar-refractivity contribution >= 4 is 19.8 Å². The van der Waals surface area contributed by atoms with E-state index in [9.17, 15) is 29.3 Å². The zero-order chi connectivity index (χ0) is 25.7. The van der Waals surface area contributed by atoms with E-state index in [-0.39, 0.29) is 6.42 Å². The summed E-state index contributed by atoms with van der Waals surface area (Å²) < 4.78 is 25.2. The third kappa shape index (κ3) is 21.5. The molecule has 11 heteroatoms. The average molecular weight is 511 g/mol. The van der Waals surface area contributed by atoms with Gasteiger partial charge in [0.25, 0.3) is 7.82 Å². The van der Waals surface area contributed by atoms with E-state index in [1.165, 1.54) is 64.2 Å². The minimum Gasteiger partial charge on any atom is -0.756 e. The number of esters is 1. The van der Waals surface area contributed by atoms with Crippen molar-refractivity contribution in [3.8, 4) is 0 Å². The van der Waals surface area contributed by atoms with E-state index >= 15 is 0 Å². The van der Waals surface area contributed by atoms with Crippen LogP contribution in [-0.4, -0.2) is 49.0 Å². The van der Waals surface area contributed by atoms with Crippen molar-refractivity contribution in [1.82, 2.24) is 0 Å². The molecule has 0 saturated carbocycles. The zero-order valence-electron chi connectivity index (χ0n) is 20.8. The lowest BCUT2D eigenvalue weighted by atomic mass is 10.0. The highest BCUT2D eigenvalue weighted by Gasteiger charge is 2.18. The summed E-state index contributed by atoms with van der Waals surface area (Å²) >= 11 is 0. The molecule has 0 bridgehead atoms. The first-order valence-corrected chi connectivity index (χ1v) is 14.1. The van der Waals surface area contributed by atoms with Gasteiger partial charge in [0.05, 0.1) is 6.61 Å². The molecule has 0 rings (SSSR count). The predicted octanol–water partition coefficient (Wildman–Crippen LogP) is 1.62. The van der Waals surface area contributed by atoms with Crippen LogP contribution < -0.4 is 15.7 Å². The maximum Gasteiger partial charge on any atom is 0.305 e. The van der Waals surface area contributed by atoms with Gasteiger partial charge in [-0.2, -0.15) is 0 Å². The molecule has 3 atom stereocenters. The number of rotatable bonds is 24. The van der Waals surface area contributed by atoms with Gasteiger partial charge in [-0.1, -0.05) is 90.4 Å². The summed E-state index contributed by atoms with van der Waals surface area (Å²) in [5.74, 6) is -2.03. The number of phosphoric acid groups is 1. The Bertz CT molecular complexity index is 577. The SMILES string of the molecule is CCCCCCCCCCCCCCCCC(=O)OC[C@@H](O)COP(=O)([O-])OC[C@H]([NH3+])C(=O)[O-]. The van der Waals surface area contributed by atoms with Crippen molar-refractivity contribution in [2.24, 2.45) is 0 Å². The van der Waals surface area contributed by atoms with Crippen LogP contribution in [0.5, 0.6) is 0 Å². The summed E-state index contributed by atoms with van der Waals surface area (Å²) in [6.45, 7) is 0.404. The molecule has 0 spiro atoms. The molecule has 0 aromatic heterocycles. The van der Waals surface area contributed by atoms with Crippen molar-refractivity contribution in [3.63, 3.8) is 0 Å². The largest absolute Gasteiger partial charge is 0.756 e. The van der Waals surface area contributed by atoms with Gasteiger partial charge >= 0.3 is 5.97 Å². The first-order chi connectivity index (χ1) is 16.2. The van der Waals surface area contributed by atoms with Crippen LogP contribution in [0.1, 0.15) is 103 Å². The Kier molecular flexibility index (Phi) is 20.6. The topological polar surface area (TPSA) is 173 Å². The molecule has 0 aliphatic heterocycles. The fourth-order valence-corrected chi connectivity index (χ4v) is 4.03. The van der Waals surface area contributed by atoms with Gasteiger partial charge in [-0.05, 0) is 6.42 Å². The number of ether oxygens (including phenoxy) is 1. The van der Waals surface area contributed by atoms with Gasteiger partial charge in [0.15, 0.2) is 0 Å². The first-order valence-electron chi connectivity index (χ1n) is 12.7. The average Bonchev–Trinajstić information content (AvgIpc) is 2.80. The molecule has 34 heavy (non-hydrogen) atoms. The van der Waals surface area contributed by atoms with Gasteiger partial charge < -0.3 is 39.4 Å². The fraction of sp³-hybridized carbons (Fsp3) is 0.913. The summed E-state index contributed by atoms with van der Waals surface area (Å²) in [5, 5.41) is 20.2. The number of quaternary nitrogens is 1. The van der Waals surface area contributed by atoms with E-state index < -0.39 is 51.7 Å². The van der Waals surface area contributed by atoms with Gasteiger partial charge in [0.1, 0.15) is 31.3 Å². The Labute approximate surface area is 204 Å². The number of phosphoric ester groups is 1. The van der Waals surface area contributed by atoms with E-state index in [0.29, 0.717) is 6.42 Å². The highest BCUT2D eigenvalue weighted by molar-refractivity contribution is 7.45. The normalized spacial score (nSPS) is 14.9. The van der Waals surface area contributed by atoms with E-state index in [2.05, 4.69) is 21.7 Å². The number of carbonyl (C=O) groups is 2. The molecule has 0 fully saturated rings. The molecule has 1 unspecified atom stereocenters. The lowest BCUT2D eigenvalue weighted by Gasteiger charge is -2.24. The lowest BCUT2D eigenvalue weighted by Crippen LogP contribution is -2.70. The summed E-state index contributed by atoms with van der Waals surface area (Å²) in [4.78, 5) is 33.7. The second-order valence-corrected chi connectivity index (χ2v) is 10.1. The van der Waals surface area contributed by atoms with Crippen molar-refractivity contribution < 1.29 is 48.8 Å². The Morgan fingerprint density at radius 1 is 0.824 bits per heavy atom. The highest BCUT2D eigenvalue weighted by atomic mass is 31.2. The number of hydrogen-bond donors (Lipinski definition) is 2. The van der Waals surface area contributed by atoms with E-state index in [4.69, 9.17) is 4.74 Å². The molecule has 4 N–H and O–H groups in total. The Balaban J connectivity index is 3.57. The van der Waals surface area contributed by atoms with Crippen LogP contribution in [0.15, 0.2) is 0 Å².